The van der Waals surface area contributed by atoms with E-state index in [0.29, 0.717) is 11.8 Å². The van der Waals surface area contributed by atoms with Crippen LogP contribution in [-0.4, -0.2) is 6.29 Å². The molecule has 1 rings (SSSR count). The summed E-state index contributed by atoms with van der Waals surface area (Å²) in [7, 11) is 0. The van der Waals surface area contributed by atoms with Crippen molar-refractivity contribution < 1.29 is 9.21 Å². The Morgan fingerprint density at radius 3 is 2.80 bits per heavy atom. The molecule has 0 saturated heterocycles. The number of carbonyl (C=O) groups is 1. The lowest BCUT2D eigenvalue weighted by atomic mass is 10.3. The summed E-state index contributed by atoms with van der Waals surface area (Å²) in [5, 5.41) is 0. The highest BCUT2D eigenvalue weighted by atomic mass is 16.3. The molecule has 0 unspecified atom stereocenters. The minimum absolute atomic E-state index is 0.0654. The monoisotopic (exact) mass is 138 g/mol. The van der Waals surface area contributed by atoms with Gasteiger partial charge in [0, 0.05) is 11.6 Å². The summed E-state index contributed by atoms with van der Waals surface area (Å²) in [6.07, 6.45) is 1.77. The first kappa shape index (κ1) is 6.74. The van der Waals surface area contributed by atoms with Crippen LogP contribution in [0.1, 0.15) is 16.1 Å². The second-order valence-electron chi connectivity index (χ2n) is 1.95. The molecule has 10 heavy (non-hydrogen) atoms. The molecule has 0 atom stereocenters. The molecule has 0 aromatic carbocycles. The lowest BCUT2D eigenvalue weighted by Crippen LogP contribution is -2.03. The first-order valence-electron chi connectivity index (χ1n) is 2.78. The van der Waals surface area contributed by atoms with Crippen molar-refractivity contribution in [2.75, 3.05) is 0 Å². The van der Waals surface area contributed by atoms with Crippen LogP contribution in [0, 0.1) is 6.92 Å². The highest BCUT2D eigenvalue weighted by Crippen LogP contribution is 1.92. The van der Waals surface area contributed by atoms with Crippen LogP contribution in [0.2, 0.25) is 0 Å². The molecule has 0 aliphatic rings. The van der Waals surface area contributed by atoms with Gasteiger partial charge in [0.1, 0.15) is 0 Å². The summed E-state index contributed by atoms with van der Waals surface area (Å²) in [6, 6.07) is 1.17. The van der Waals surface area contributed by atoms with Crippen LogP contribution in [0.15, 0.2) is 21.5 Å². The highest BCUT2D eigenvalue weighted by molar-refractivity contribution is 5.69. The van der Waals surface area contributed by atoms with Crippen molar-refractivity contribution in [1.29, 1.82) is 0 Å². The number of rotatable bonds is 1. The fourth-order valence-electron chi connectivity index (χ4n) is 0.553. The lowest BCUT2D eigenvalue weighted by molar-refractivity contribution is 0.109. The molecule has 0 radical (unpaired) electrons. The Hall–Kier alpha value is -1.38. The fraction of sp³-hybridized carbons (Fsp3) is 0.143. The van der Waals surface area contributed by atoms with Crippen LogP contribution >= 0.6 is 0 Å². The van der Waals surface area contributed by atoms with Crippen LogP contribution in [0.3, 0.4) is 0 Å². The Kier molecular flexibility index (Phi) is 1.67. The van der Waals surface area contributed by atoms with Gasteiger partial charge < -0.3 is 4.42 Å². The molecule has 0 amide bonds. The topological polar surface area (TPSA) is 47.3 Å². The number of carbonyl (C=O) groups excluding carboxylic acids is 1. The van der Waals surface area contributed by atoms with Crippen molar-refractivity contribution in [3.8, 4) is 0 Å². The predicted molar refractivity (Wildman–Crippen MR) is 35.1 cm³/mol. The van der Waals surface area contributed by atoms with Gasteiger partial charge in [-0.3, -0.25) is 9.59 Å². The summed E-state index contributed by atoms with van der Waals surface area (Å²) in [5.41, 5.74) is 0.332. The maximum Gasteiger partial charge on any atom is 0.188 e. The third kappa shape index (κ3) is 1.13. The molecular weight excluding hydrogens is 132 g/mol. The second kappa shape index (κ2) is 2.47. The molecule has 0 fully saturated rings. The summed E-state index contributed by atoms with van der Waals surface area (Å²) in [5.74, 6) is 0.0654. The molecule has 0 N–H and O–H groups in total. The second-order valence-corrected chi connectivity index (χ2v) is 1.95. The van der Waals surface area contributed by atoms with E-state index in [9.17, 15) is 9.59 Å². The van der Waals surface area contributed by atoms with Gasteiger partial charge in [-0.25, -0.2) is 0 Å². The predicted octanol–water partition coefficient (Wildman–Crippen LogP) is 0.761. The fourth-order valence-corrected chi connectivity index (χ4v) is 0.553. The number of hydrogen-bond acceptors (Lipinski definition) is 3. The van der Waals surface area contributed by atoms with Crippen LogP contribution in [0.25, 0.3) is 0 Å². The standard InChI is InChI=1S/C7H6O3/c1-5-4-10-6(3-8)2-7(5)9/h2-4H,1H3. The first-order valence-corrected chi connectivity index (χ1v) is 2.78. The molecule has 1 heterocycles. The van der Waals surface area contributed by atoms with E-state index in [1.165, 1.54) is 12.3 Å². The molecular formula is C7H6O3. The Morgan fingerprint density at radius 2 is 2.30 bits per heavy atom. The van der Waals surface area contributed by atoms with Gasteiger partial charge in [-0.1, -0.05) is 0 Å². The van der Waals surface area contributed by atoms with Crippen molar-refractivity contribution in [2.24, 2.45) is 0 Å². The Balaban J connectivity index is 3.30. The van der Waals surface area contributed by atoms with Crippen molar-refractivity contribution >= 4 is 6.29 Å². The average molecular weight is 138 g/mol. The van der Waals surface area contributed by atoms with Gasteiger partial charge >= 0.3 is 0 Å². The summed E-state index contributed by atoms with van der Waals surface area (Å²) in [4.78, 5) is 20.8. The average Bonchev–Trinajstić information content (AvgIpc) is 1.95. The van der Waals surface area contributed by atoms with Crippen LogP contribution < -0.4 is 5.43 Å². The molecule has 0 aliphatic carbocycles. The molecule has 0 bridgehead atoms. The molecule has 0 aliphatic heterocycles. The number of hydrogen-bond donors (Lipinski definition) is 0. The smallest absolute Gasteiger partial charge is 0.188 e. The van der Waals surface area contributed by atoms with E-state index < -0.39 is 0 Å². The van der Waals surface area contributed by atoms with Gasteiger partial charge in [0.05, 0.1) is 6.26 Å². The molecule has 1 aromatic rings. The third-order valence-electron chi connectivity index (χ3n) is 1.15. The van der Waals surface area contributed by atoms with E-state index in [4.69, 9.17) is 4.42 Å². The summed E-state index contributed by atoms with van der Waals surface area (Å²) >= 11 is 0. The molecule has 1 aromatic heterocycles. The van der Waals surface area contributed by atoms with E-state index in [1.54, 1.807) is 6.92 Å². The molecule has 3 heteroatoms. The Bertz CT molecular complexity index is 298. The zero-order chi connectivity index (χ0) is 7.56. The molecule has 0 saturated carbocycles. The maximum absolute atomic E-state index is 10.8. The van der Waals surface area contributed by atoms with E-state index in [1.807, 2.05) is 0 Å². The van der Waals surface area contributed by atoms with E-state index in [-0.39, 0.29) is 11.2 Å². The van der Waals surface area contributed by atoms with Crippen molar-refractivity contribution in [3.63, 3.8) is 0 Å². The summed E-state index contributed by atoms with van der Waals surface area (Å²) < 4.78 is 4.72. The van der Waals surface area contributed by atoms with Crippen molar-refractivity contribution in [1.82, 2.24) is 0 Å². The molecule has 0 spiro atoms. The van der Waals surface area contributed by atoms with Gasteiger partial charge in [0.25, 0.3) is 0 Å². The van der Waals surface area contributed by atoms with Crippen LogP contribution in [0.5, 0.6) is 0 Å². The SMILES string of the molecule is Cc1coc(C=O)cc1=O. The first-order chi connectivity index (χ1) is 4.74. The maximum atomic E-state index is 10.8. The van der Waals surface area contributed by atoms with E-state index in [0.717, 1.165) is 0 Å². The van der Waals surface area contributed by atoms with E-state index >= 15 is 0 Å². The normalized spacial score (nSPS) is 9.30. The van der Waals surface area contributed by atoms with Crippen molar-refractivity contribution in [2.45, 2.75) is 6.92 Å². The van der Waals surface area contributed by atoms with Gasteiger partial charge in [0.15, 0.2) is 17.5 Å². The summed E-state index contributed by atoms with van der Waals surface area (Å²) in [6.45, 7) is 1.63. The van der Waals surface area contributed by atoms with Gasteiger partial charge in [-0.15, -0.1) is 0 Å². The van der Waals surface area contributed by atoms with E-state index in [2.05, 4.69) is 0 Å². The molecule has 52 valence electrons. The number of aryl methyl sites for hydroxylation is 1. The van der Waals surface area contributed by atoms with Crippen LogP contribution in [0.4, 0.5) is 0 Å². The van der Waals surface area contributed by atoms with Gasteiger partial charge in [-0.2, -0.15) is 0 Å². The van der Waals surface area contributed by atoms with Gasteiger partial charge in [0.2, 0.25) is 0 Å². The Morgan fingerprint density at radius 1 is 1.60 bits per heavy atom. The van der Waals surface area contributed by atoms with Crippen LogP contribution in [-0.2, 0) is 0 Å². The molecule has 3 nitrogen and oxygen atoms in total. The lowest BCUT2D eigenvalue weighted by Gasteiger charge is -1.88. The zero-order valence-electron chi connectivity index (χ0n) is 5.46. The minimum Gasteiger partial charge on any atom is -0.461 e. The largest absolute Gasteiger partial charge is 0.461 e. The Labute approximate surface area is 57.3 Å². The minimum atomic E-state index is -0.173. The highest BCUT2D eigenvalue weighted by Gasteiger charge is 1.95. The van der Waals surface area contributed by atoms with Gasteiger partial charge in [-0.05, 0) is 6.92 Å². The zero-order valence-corrected chi connectivity index (χ0v) is 5.46. The quantitative estimate of drug-likeness (QED) is 0.538. The van der Waals surface area contributed by atoms with Crippen molar-refractivity contribution in [3.05, 3.63) is 33.9 Å². The third-order valence-corrected chi connectivity index (χ3v) is 1.15. The number of aldehydes is 1.